The number of fused-ring (bicyclic) bond motifs is 1. The van der Waals surface area contributed by atoms with Crippen LogP contribution in [0.3, 0.4) is 0 Å². The summed E-state index contributed by atoms with van der Waals surface area (Å²) < 4.78 is 42.1. The Morgan fingerprint density at radius 1 is 1.16 bits per heavy atom. The van der Waals surface area contributed by atoms with E-state index in [1.54, 1.807) is 12.3 Å². The second-order valence-corrected chi connectivity index (χ2v) is 9.15. The number of nitrogens with zero attached hydrogens (tertiary/aromatic N) is 4. The van der Waals surface area contributed by atoms with E-state index in [1.165, 1.54) is 12.1 Å². The number of benzene rings is 1. The third kappa shape index (κ3) is 3.83. The molecule has 1 aromatic carbocycles. The van der Waals surface area contributed by atoms with E-state index in [1.807, 2.05) is 9.58 Å². The highest BCUT2D eigenvalue weighted by Crippen LogP contribution is 2.36. The topological polar surface area (TPSA) is 66.8 Å². The molecule has 0 unspecified atom stereocenters. The quantitative estimate of drug-likeness (QED) is 0.643. The molecule has 3 aromatic rings. The Bertz CT molecular complexity index is 1180. The first kappa shape index (κ1) is 21.2. The maximum absolute atomic E-state index is 13.4. The minimum atomic E-state index is -4.38. The molecule has 0 radical (unpaired) electrons. The Morgan fingerprint density at radius 3 is 2.66 bits per heavy atom. The number of hydrogen-bond donors (Lipinski definition) is 1. The van der Waals surface area contributed by atoms with Crippen molar-refractivity contribution in [2.45, 2.75) is 57.3 Å². The maximum atomic E-state index is 13.4. The molecule has 2 aliphatic rings. The van der Waals surface area contributed by atoms with Gasteiger partial charge < -0.3 is 4.98 Å². The van der Waals surface area contributed by atoms with Crippen molar-refractivity contribution < 1.29 is 13.2 Å². The van der Waals surface area contributed by atoms with E-state index in [0.29, 0.717) is 29.9 Å². The van der Waals surface area contributed by atoms with E-state index < -0.39 is 11.7 Å². The molecule has 0 bridgehead atoms. The van der Waals surface area contributed by atoms with Gasteiger partial charge in [0, 0.05) is 25.6 Å². The summed E-state index contributed by atoms with van der Waals surface area (Å²) in [7, 11) is 0. The summed E-state index contributed by atoms with van der Waals surface area (Å²) in [6, 6.07) is 5.99. The molecule has 1 saturated heterocycles. The zero-order valence-electron chi connectivity index (χ0n) is 17.9. The van der Waals surface area contributed by atoms with E-state index in [4.69, 9.17) is 4.98 Å². The van der Waals surface area contributed by atoms with Gasteiger partial charge in [-0.25, -0.2) is 9.67 Å². The number of alkyl halides is 3. The first-order valence-electron chi connectivity index (χ1n) is 11.2. The van der Waals surface area contributed by atoms with Crippen molar-refractivity contribution in [3.05, 3.63) is 57.8 Å². The fourth-order valence-electron chi connectivity index (χ4n) is 5.27. The summed E-state index contributed by atoms with van der Waals surface area (Å²) >= 11 is 0. The fraction of sp³-hybridized carbons (Fsp3) is 0.522. The first-order chi connectivity index (χ1) is 15.3. The number of hydrogen-bond acceptors (Lipinski definition) is 4. The summed E-state index contributed by atoms with van der Waals surface area (Å²) in [4.78, 5) is 22.5. The Labute approximate surface area is 183 Å². The third-order valence-electron chi connectivity index (χ3n) is 6.91. The highest BCUT2D eigenvalue weighted by Gasteiger charge is 2.36. The van der Waals surface area contributed by atoms with Gasteiger partial charge in [0.15, 0.2) is 5.65 Å². The lowest BCUT2D eigenvalue weighted by atomic mass is 9.97. The normalized spacial score (nSPS) is 22.9. The molecule has 2 aromatic heterocycles. The molecule has 32 heavy (non-hydrogen) atoms. The van der Waals surface area contributed by atoms with Gasteiger partial charge in [0.1, 0.15) is 11.2 Å². The molecule has 1 aliphatic carbocycles. The molecule has 5 rings (SSSR count). The molecule has 6 nitrogen and oxygen atoms in total. The van der Waals surface area contributed by atoms with E-state index in [-0.39, 0.29) is 35.5 Å². The lowest BCUT2D eigenvalue weighted by molar-refractivity contribution is -0.138. The Balaban J connectivity index is 1.42. The first-order valence-corrected chi connectivity index (χ1v) is 11.2. The highest BCUT2D eigenvalue weighted by molar-refractivity contribution is 5.73. The van der Waals surface area contributed by atoms with Crippen LogP contribution < -0.4 is 5.56 Å². The summed E-state index contributed by atoms with van der Waals surface area (Å²) in [5.74, 6) is 0.690. The Morgan fingerprint density at radius 2 is 1.91 bits per heavy atom. The van der Waals surface area contributed by atoms with E-state index in [0.717, 1.165) is 31.7 Å². The van der Waals surface area contributed by atoms with Crippen LogP contribution in [-0.4, -0.2) is 37.7 Å². The molecule has 9 heteroatoms. The molecule has 170 valence electrons. The molecule has 0 spiro atoms. The van der Waals surface area contributed by atoms with E-state index in [9.17, 15) is 18.0 Å². The van der Waals surface area contributed by atoms with Gasteiger partial charge in [0.05, 0.1) is 17.8 Å². The van der Waals surface area contributed by atoms with Crippen LogP contribution in [-0.2, 0) is 12.7 Å². The molecule has 1 N–H and O–H groups in total. The van der Waals surface area contributed by atoms with Gasteiger partial charge in [-0.3, -0.25) is 9.69 Å². The van der Waals surface area contributed by atoms with Gasteiger partial charge in [0.2, 0.25) is 0 Å². The fourth-order valence-corrected chi connectivity index (χ4v) is 5.27. The zero-order chi connectivity index (χ0) is 22.5. The number of aromatic amines is 1. The molecule has 2 atom stereocenters. The van der Waals surface area contributed by atoms with Crippen LogP contribution in [0.15, 0.2) is 35.3 Å². The minimum Gasteiger partial charge on any atom is -0.310 e. The number of likely N-dealkylation sites (tertiary alicyclic amines) is 1. The third-order valence-corrected chi connectivity index (χ3v) is 6.91. The predicted molar refractivity (Wildman–Crippen MR) is 114 cm³/mol. The summed E-state index contributed by atoms with van der Waals surface area (Å²) in [5.41, 5.74) is 0.0830. The van der Waals surface area contributed by atoms with Crippen molar-refractivity contribution in [2.75, 3.05) is 13.1 Å². The van der Waals surface area contributed by atoms with Crippen molar-refractivity contribution in [1.82, 2.24) is 24.6 Å². The number of halogens is 3. The van der Waals surface area contributed by atoms with Crippen LogP contribution >= 0.6 is 0 Å². The van der Waals surface area contributed by atoms with Gasteiger partial charge >= 0.3 is 6.18 Å². The smallest absolute Gasteiger partial charge is 0.310 e. The molecule has 1 saturated carbocycles. The van der Waals surface area contributed by atoms with Crippen LogP contribution in [0.2, 0.25) is 0 Å². The molecule has 0 amide bonds. The monoisotopic (exact) mass is 445 g/mol. The van der Waals surface area contributed by atoms with Gasteiger partial charge in [0.25, 0.3) is 5.56 Å². The molecule has 2 fully saturated rings. The Hall–Kier alpha value is -2.68. The number of rotatable bonds is 4. The lowest BCUT2D eigenvalue weighted by Gasteiger charge is -2.19. The molecular formula is C23H26F3N5O. The number of H-pyrrole nitrogens is 1. The second kappa shape index (κ2) is 8.03. The van der Waals surface area contributed by atoms with E-state index >= 15 is 0 Å². The van der Waals surface area contributed by atoms with Crippen LogP contribution in [0.25, 0.3) is 11.0 Å². The lowest BCUT2D eigenvalue weighted by Crippen LogP contribution is -2.23. The van der Waals surface area contributed by atoms with Gasteiger partial charge in [-0.05, 0) is 30.4 Å². The standard InChI is InChI=1S/C23H26F3N5O/c1-14-11-30(12-15-6-2-5-9-19(15)23(24,25)26)13-18(14)20-28-21-17(22(32)29-20)10-27-31(21)16-7-3-4-8-16/h2,5-6,9-10,14,16,18H,3-4,7-8,11-13H2,1H3,(H,28,29,32)/t14-,18-/m1/s1. The van der Waals surface area contributed by atoms with Gasteiger partial charge in [-0.1, -0.05) is 38.0 Å². The molecule has 1 aliphatic heterocycles. The summed E-state index contributed by atoms with van der Waals surface area (Å²) in [6.07, 6.45) is 1.57. The van der Waals surface area contributed by atoms with Crippen molar-refractivity contribution in [2.24, 2.45) is 5.92 Å². The van der Waals surface area contributed by atoms with Crippen LogP contribution in [0.5, 0.6) is 0 Å². The van der Waals surface area contributed by atoms with Gasteiger partial charge in [-0.2, -0.15) is 18.3 Å². The predicted octanol–water partition coefficient (Wildman–Crippen LogP) is 4.49. The largest absolute Gasteiger partial charge is 0.416 e. The number of nitrogens with one attached hydrogen (secondary N) is 1. The van der Waals surface area contributed by atoms with Crippen molar-refractivity contribution in [3.8, 4) is 0 Å². The number of aromatic nitrogens is 4. The maximum Gasteiger partial charge on any atom is 0.416 e. The van der Waals surface area contributed by atoms with Crippen molar-refractivity contribution >= 4 is 11.0 Å². The second-order valence-electron chi connectivity index (χ2n) is 9.15. The Kier molecular flexibility index (Phi) is 5.31. The minimum absolute atomic E-state index is 0.0583. The molecular weight excluding hydrogens is 419 g/mol. The summed E-state index contributed by atoms with van der Waals surface area (Å²) in [5, 5.41) is 4.93. The highest BCUT2D eigenvalue weighted by atomic mass is 19.4. The SMILES string of the molecule is C[C@@H]1CN(Cc2ccccc2C(F)(F)F)C[C@H]1c1nc2c(cnn2C2CCCC2)c(=O)[nH]1. The van der Waals surface area contributed by atoms with Gasteiger partial charge in [-0.15, -0.1) is 0 Å². The van der Waals surface area contributed by atoms with Crippen LogP contribution in [0.1, 0.15) is 61.5 Å². The molecule has 3 heterocycles. The van der Waals surface area contributed by atoms with Crippen molar-refractivity contribution in [1.29, 1.82) is 0 Å². The van der Waals surface area contributed by atoms with Crippen molar-refractivity contribution in [3.63, 3.8) is 0 Å². The summed E-state index contributed by atoms with van der Waals surface area (Å²) in [6.45, 7) is 3.45. The van der Waals surface area contributed by atoms with Crippen LogP contribution in [0, 0.1) is 5.92 Å². The average molecular weight is 445 g/mol. The van der Waals surface area contributed by atoms with E-state index in [2.05, 4.69) is 17.0 Å². The average Bonchev–Trinajstić information content (AvgIpc) is 3.47. The van der Waals surface area contributed by atoms with Crippen LogP contribution in [0.4, 0.5) is 13.2 Å². The zero-order valence-corrected chi connectivity index (χ0v) is 17.9.